The van der Waals surface area contributed by atoms with Crippen molar-refractivity contribution in [3.63, 3.8) is 0 Å². The molecular formula is C25H29F2N5O3S2. The number of nitrogens with one attached hydrogen (secondary N) is 2. The summed E-state index contributed by atoms with van der Waals surface area (Å²) in [5, 5.41) is 3.16. The molecule has 12 heteroatoms. The van der Waals surface area contributed by atoms with Gasteiger partial charge in [0.25, 0.3) is 0 Å². The summed E-state index contributed by atoms with van der Waals surface area (Å²) >= 11 is 0.845. The summed E-state index contributed by atoms with van der Waals surface area (Å²) in [6, 6.07) is 9.70. The molecule has 2 heterocycles. The molecule has 0 radical (unpaired) electrons. The molecule has 2 aromatic carbocycles. The smallest absolute Gasteiger partial charge is 0.240 e. The van der Waals surface area contributed by atoms with Crippen LogP contribution < -0.4 is 15.8 Å². The van der Waals surface area contributed by atoms with E-state index in [1.165, 1.54) is 37.5 Å². The number of anilines is 3. The summed E-state index contributed by atoms with van der Waals surface area (Å²) in [6.45, 7) is 4.48. The molecule has 1 unspecified atom stereocenters. The molecule has 1 saturated heterocycles. The van der Waals surface area contributed by atoms with E-state index in [2.05, 4.69) is 26.8 Å². The van der Waals surface area contributed by atoms with Gasteiger partial charge in [-0.2, -0.15) is 0 Å². The van der Waals surface area contributed by atoms with Crippen LogP contribution in [-0.4, -0.2) is 49.8 Å². The van der Waals surface area contributed by atoms with Crippen molar-refractivity contribution >= 4 is 43.8 Å². The lowest BCUT2D eigenvalue weighted by atomic mass is 10.0. The molecule has 0 saturated carbocycles. The first-order chi connectivity index (χ1) is 17.7. The van der Waals surface area contributed by atoms with E-state index >= 15 is 0 Å². The second kappa shape index (κ2) is 11.6. The topological polar surface area (TPSA) is 117 Å². The second-order valence-electron chi connectivity index (χ2n) is 8.94. The Morgan fingerprint density at radius 1 is 1.16 bits per heavy atom. The molecule has 0 bridgehead atoms. The van der Waals surface area contributed by atoms with E-state index < -0.39 is 33.0 Å². The van der Waals surface area contributed by atoms with Gasteiger partial charge < -0.3 is 16.0 Å². The van der Waals surface area contributed by atoms with Crippen LogP contribution in [0.4, 0.5) is 25.4 Å². The molecular weight excluding hydrogens is 520 g/mol. The van der Waals surface area contributed by atoms with Crippen LogP contribution >= 0.6 is 11.3 Å². The van der Waals surface area contributed by atoms with Crippen LogP contribution in [0.2, 0.25) is 0 Å². The largest absolute Gasteiger partial charge is 0.382 e. The third-order valence-corrected chi connectivity index (χ3v) is 8.78. The molecule has 0 spiro atoms. The highest BCUT2D eigenvalue weighted by atomic mass is 32.2. The predicted molar refractivity (Wildman–Crippen MR) is 141 cm³/mol. The van der Waals surface area contributed by atoms with Gasteiger partial charge in [0.15, 0.2) is 5.13 Å². The molecule has 1 aromatic heterocycles. The Bertz CT molecular complexity index is 1340. The number of nitrogens with two attached hydrogens (primary N) is 1. The lowest BCUT2D eigenvalue weighted by Crippen LogP contribution is -2.39. The van der Waals surface area contributed by atoms with Crippen LogP contribution in [0.3, 0.4) is 0 Å². The molecule has 1 aliphatic rings. The molecule has 37 heavy (non-hydrogen) atoms. The SMILES string of the molecule is CC1CCCCN1CCCNS(=O)(=O)c1ccc(Nc2nc(N)c(C(=O)c3c(F)cccc3F)s2)cc1. The van der Waals surface area contributed by atoms with Gasteiger partial charge in [0.1, 0.15) is 22.3 Å². The first-order valence-electron chi connectivity index (χ1n) is 12.0. The number of carbonyl (C=O) groups excluding carboxylic acids is 1. The minimum atomic E-state index is -3.66. The number of likely N-dealkylation sites (tertiary alicyclic amines) is 1. The maximum Gasteiger partial charge on any atom is 0.240 e. The van der Waals surface area contributed by atoms with Gasteiger partial charge in [0.2, 0.25) is 15.8 Å². The number of halogens is 2. The van der Waals surface area contributed by atoms with Crippen LogP contribution in [0.25, 0.3) is 0 Å². The lowest BCUT2D eigenvalue weighted by Gasteiger charge is -2.33. The van der Waals surface area contributed by atoms with Gasteiger partial charge >= 0.3 is 0 Å². The molecule has 0 aliphatic carbocycles. The standard InChI is InChI=1S/C25H29F2N5O3S2/c1-16-6-2-3-14-32(16)15-5-13-29-37(34,35)18-11-9-17(10-12-18)30-25-31-24(28)23(36-25)22(33)21-19(26)7-4-8-20(21)27/h4,7-12,16,29H,2-3,5-6,13-15,28H2,1H3,(H,30,31). The Kier molecular flexibility index (Phi) is 8.53. The van der Waals surface area contributed by atoms with E-state index in [4.69, 9.17) is 5.73 Å². The minimum Gasteiger partial charge on any atom is -0.382 e. The zero-order valence-corrected chi connectivity index (χ0v) is 22.0. The van der Waals surface area contributed by atoms with Crippen LogP contribution in [0.5, 0.6) is 0 Å². The number of carbonyl (C=O) groups is 1. The highest BCUT2D eigenvalue weighted by Gasteiger charge is 2.24. The van der Waals surface area contributed by atoms with E-state index in [1.54, 1.807) is 12.1 Å². The first kappa shape index (κ1) is 27.1. The Morgan fingerprint density at radius 2 is 1.86 bits per heavy atom. The van der Waals surface area contributed by atoms with Crippen LogP contribution in [0.15, 0.2) is 47.4 Å². The zero-order valence-electron chi connectivity index (χ0n) is 20.3. The van der Waals surface area contributed by atoms with Crippen molar-refractivity contribution in [2.75, 3.05) is 30.7 Å². The number of piperidine rings is 1. The fourth-order valence-electron chi connectivity index (χ4n) is 4.28. The highest BCUT2D eigenvalue weighted by molar-refractivity contribution is 7.89. The van der Waals surface area contributed by atoms with E-state index in [1.807, 2.05) is 0 Å². The van der Waals surface area contributed by atoms with Crippen molar-refractivity contribution in [1.82, 2.24) is 14.6 Å². The van der Waals surface area contributed by atoms with Crippen LogP contribution in [0, 0.1) is 11.6 Å². The Balaban J connectivity index is 1.36. The van der Waals surface area contributed by atoms with Crippen molar-refractivity contribution in [2.45, 2.75) is 43.5 Å². The van der Waals surface area contributed by atoms with Gasteiger partial charge in [0, 0.05) is 18.3 Å². The number of hydrogen-bond donors (Lipinski definition) is 3. The third kappa shape index (κ3) is 6.50. The van der Waals surface area contributed by atoms with E-state index in [0.29, 0.717) is 18.3 Å². The van der Waals surface area contributed by atoms with Crippen molar-refractivity contribution in [3.05, 3.63) is 64.5 Å². The summed E-state index contributed by atoms with van der Waals surface area (Å²) in [5.74, 6) is -3.04. The van der Waals surface area contributed by atoms with Crippen LogP contribution in [0.1, 0.15) is 47.8 Å². The monoisotopic (exact) mass is 549 g/mol. The quantitative estimate of drug-likeness (QED) is 0.251. The van der Waals surface area contributed by atoms with Crippen molar-refractivity contribution in [2.24, 2.45) is 0 Å². The molecule has 198 valence electrons. The number of hydrogen-bond acceptors (Lipinski definition) is 8. The van der Waals surface area contributed by atoms with Gasteiger partial charge in [-0.25, -0.2) is 26.9 Å². The fraction of sp³-hybridized carbons (Fsp3) is 0.360. The normalized spacial score (nSPS) is 16.6. The Hall–Kier alpha value is -2.93. The molecule has 8 nitrogen and oxygen atoms in total. The van der Waals surface area contributed by atoms with Crippen LogP contribution in [-0.2, 0) is 10.0 Å². The van der Waals surface area contributed by atoms with E-state index in [-0.39, 0.29) is 20.7 Å². The van der Waals surface area contributed by atoms with Crippen molar-refractivity contribution < 1.29 is 22.0 Å². The molecule has 4 N–H and O–H groups in total. The first-order valence-corrected chi connectivity index (χ1v) is 14.3. The number of thiazole rings is 1. The van der Waals surface area contributed by atoms with Gasteiger partial charge in [-0.15, -0.1) is 0 Å². The number of nitrogen functional groups attached to an aromatic ring is 1. The van der Waals surface area contributed by atoms with Crippen molar-refractivity contribution in [3.8, 4) is 0 Å². The zero-order chi connectivity index (χ0) is 26.6. The number of ketones is 1. The average molecular weight is 550 g/mol. The maximum atomic E-state index is 14.0. The molecule has 1 atom stereocenters. The number of benzene rings is 2. The molecule has 4 rings (SSSR count). The summed E-state index contributed by atoms with van der Waals surface area (Å²) in [4.78, 5) is 19.1. The molecule has 1 fully saturated rings. The number of rotatable bonds is 10. The van der Waals surface area contributed by atoms with E-state index in [0.717, 1.165) is 43.0 Å². The summed E-state index contributed by atoms with van der Waals surface area (Å²) in [5.41, 5.74) is 5.64. The Morgan fingerprint density at radius 3 is 2.54 bits per heavy atom. The number of nitrogens with zero attached hydrogens (tertiary/aromatic N) is 2. The van der Waals surface area contributed by atoms with Gasteiger partial charge in [-0.05, 0) is 75.7 Å². The number of aromatic nitrogens is 1. The summed E-state index contributed by atoms with van der Waals surface area (Å²) in [6.07, 6.45) is 4.35. The average Bonchev–Trinajstić information content (AvgIpc) is 3.22. The Labute approximate surface area is 219 Å². The highest BCUT2D eigenvalue weighted by Crippen LogP contribution is 2.31. The number of sulfonamides is 1. The molecule has 3 aromatic rings. The second-order valence-corrected chi connectivity index (χ2v) is 11.7. The summed E-state index contributed by atoms with van der Waals surface area (Å²) in [7, 11) is -3.66. The minimum absolute atomic E-state index is 0.103. The maximum absolute atomic E-state index is 14.0. The van der Waals surface area contributed by atoms with Gasteiger partial charge in [-0.3, -0.25) is 4.79 Å². The summed E-state index contributed by atoms with van der Waals surface area (Å²) < 4.78 is 56.0. The van der Waals surface area contributed by atoms with Gasteiger partial charge in [-0.1, -0.05) is 23.8 Å². The molecule has 0 amide bonds. The molecule has 1 aliphatic heterocycles. The third-order valence-electron chi connectivity index (χ3n) is 6.32. The van der Waals surface area contributed by atoms with Crippen molar-refractivity contribution in [1.29, 1.82) is 0 Å². The fourth-order valence-corrected chi connectivity index (χ4v) is 6.20. The van der Waals surface area contributed by atoms with E-state index in [9.17, 15) is 22.0 Å². The predicted octanol–water partition coefficient (Wildman–Crippen LogP) is 4.52. The van der Waals surface area contributed by atoms with Gasteiger partial charge in [0.05, 0.1) is 10.5 Å². The lowest BCUT2D eigenvalue weighted by molar-refractivity contribution is 0.103.